The number of nitrogens with two attached hydrogens (primary N) is 1. The van der Waals surface area contributed by atoms with E-state index < -0.39 is 0 Å². The summed E-state index contributed by atoms with van der Waals surface area (Å²) in [7, 11) is 0. The Morgan fingerprint density at radius 2 is 2.18 bits per heavy atom. The molecule has 3 nitrogen and oxygen atoms in total. The molecule has 0 bridgehead atoms. The van der Waals surface area contributed by atoms with Gasteiger partial charge in [-0.2, -0.15) is 0 Å². The summed E-state index contributed by atoms with van der Waals surface area (Å²) in [4.78, 5) is 4.34. The molecule has 0 aliphatic heterocycles. The first kappa shape index (κ1) is 14.6. The lowest BCUT2D eigenvalue weighted by molar-refractivity contribution is -0.0463. The zero-order chi connectivity index (χ0) is 12.9. The van der Waals surface area contributed by atoms with E-state index >= 15 is 0 Å². The molecule has 0 aliphatic carbocycles. The molecule has 1 aromatic heterocycles. The van der Waals surface area contributed by atoms with Gasteiger partial charge in [-0.05, 0) is 48.3 Å². The molecular weight excluding hydrogens is 280 g/mol. The van der Waals surface area contributed by atoms with Crippen molar-refractivity contribution in [3.63, 3.8) is 0 Å². The van der Waals surface area contributed by atoms with Gasteiger partial charge in [-0.3, -0.25) is 4.98 Å². The molecule has 1 heterocycles. The first-order valence-corrected chi connectivity index (χ1v) is 6.81. The molecule has 0 amide bonds. The van der Waals surface area contributed by atoms with Gasteiger partial charge in [-0.1, -0.05) is 6.92 Å². The number of rotatable bonds is 6. The maximum atomic E-state index is 6.24. The van der Waals surface area contributed by atoms with E-state index in [1.807, 2.05) is 19.1 Å². The van der Waals surface area contributed by atoms with Gasteiger partial charge in [0.25, 0.3) is 0 Å². The van der Waals surface area contributed by atoms with E-state index in [1.165, 1.54) is 0 Å². The zero-order valence-corrected chi connectivity index (χ0v) is 12.3. The molecule has 0 fully saturated rings. The molecular formula is C13H21BrN2O. The number of ether oxygens (including phenoxy) is 1. The smallest absolute Gasteiger partial charge is 0.0805 e. The Bertz CT molecular complexity index is 342. The van der Waals surface area contributed by atoms with Crippen molar-refractivity contribution in [3.05, 3.63) is 28.5 Å². The van der Waals surface area contributed by atoms with Crippen LogP contribution in [-0.2, 0) is 11.2 Å². The highest BCUT2D eigenvalue weighted by Gasteiger charge is 2.30. The van der Waals surface area contributed by atoms with Crippen molar-refractivity contribution in [1.82, 2.24) is 4.98 Å². The first-order chi connectivity index (χ1) is 8.01. The molecule has 0 radical (unpaired) electrons. The predicted molar refractivity (Wildman–Crippen MR) is 73.9 cm³/mol. The van der Waals surface area contributed by atoms with Crippen molar-refractivity contribution in [3.8, 4) is 0 Å². The third-order valence-corrected chi connectivity index (χ3v) is 3.65. The molecule has 0 saturated carbocycles. The normalized spacial score (nSPS) is 16.5. The lowest BCUT2D eigenvalue weighted by Crippen LogP contribution is -2.48. The molecule has 96 valence electrons. The van der Waals surface area contributed by atoms with Crippen LogP contribution in [-0.4, -0.2) is 23.2 Å². The second-order valence-electron chi connectivity index (χ2n) is 4.38. The monoisotopic (exact) mass is 300 g/mol. The van der Waals surface area contributed by atoms with Crippen molar-refractivity contribution in [2.24, 2.45) is 5.73 Å². The minimum atomic E-state index is -0.274. The molecule has 4 heteroatoms. The molecule has 1 rings (SSSR count). The number of nitrogens with zero attached hydrogens (tertiary/aromatic N) is 1. The highest BCUT2D eigenvalue weighted by molar-refractivity contribution is 9.10. The van der Waals surface area contributed by atoms with Crippen molar-refractivity contribution >= 4 is 15.9 Å². The minimum Gasteiger partial charge on any atom is -0.374 e. The predicted octanol–water partition coefficient (Wildman–Crippen LogP) is 2.92. The Morgan fingerprint density at radius 1 is 1.47 bits per heavy atom. The van der Waals surface area contributed by atoms with Crippen molar-refractivity contribution < 1.29 is 4.74 Å². The lowest BCUT2D eigenvalue weighted by Gasteiger charge is -2.34. The van der Waals surface area contributed by atoms with Crippen LogP contribution in [0, 0.1) is 0 Å². The summed E-state index contributed by atoms with van der Waals surface area (Å²) < 4.78 is 6.76. The quantitative estimate of drug-likeness (QED) is 0.879. The van der Waals surface area contributed by atoms with Gasteiger partial charge in [0, 0.05) is 35.4 Å². The Kier molecular flexibility index (Phi) is 5.56. The molecule has 0 saturated heterocycles. The number of hydrogen-bond acceptors (Lipinski definition) is 3. The van der Waals surface area contributed by atoms with Crippen LogP contribution < -0.4 is 5.73 Å². The summed E-state index contributed by atoms with van der Waals surface area (Å²) in [6.07, 6.45) is 3.43. The van der Waals surface area contributed by atoms with E-state index in [-0.39, 0.29) is 11.6 Å². The van der Waals surface area contributed by atoms with Crippen molar-refractivity contribution in [2.45, 2.75) is 45.3 Å². The van der Waals surface area contributed by atoms with Gasteiger partial charge in [0.15, 0.2) is 0 Å². The first-order valence-electron chi connectivity index (χ1n) is 6.01. The molecule has 0 aromatic carbocycles. The standard InChI is InChI=1S/C13H21BrN2O/c1-4-13(3,17-5-2)12(15)8-11-7-6-10(14)9-16-11/h6-7,9,12H,4-5,8,15H2,1-3H3. The van der Waals surface area contributed by atoms with Gasteiger partial charge in [0.1, 0.15) is 0 Å². The van der Waals surface area contributed by atoms with Crippen molar-refractivity contribution in [2.75, 3.05) is 6.61 Å². The van der Waals surface area contributed by atoms with Gasteiger partial charge in [-0.15, -0.1) is 0 Å². The highest BCUT2D eigenvalue weighted by atomic mass is 79.9. The second kappa shape index (κ2) is 6.47. The molecule has 0 aliphatic rings. The highest BCUT2D eigenvalue weighted by Crippen LogP contribution is 2.21. The summed E-state index contributed by atoms with van der Waals surface area (Å²) >= 11 is 3.37. The minimum absolute atomic E-state index is 0.0406. The zero-order valence-electron chi connectivity index (χ0n) is 10.7. The lowest BCUT2D eigenvalue weighted by atomic mass is 9.90. The van der Waals surface area contributed by atoms with E-state index in [9.17, 15) is 0 Å². The molecule has 2 unspecified atom stereocenters. The number of pyridine rings is 1. The molecule has 1 aromatic rings. The largest absolute Gasteiger partial charge is 0.374 e. The van der Waals surface area contributed by atoms with Gasteiger partial charge in [-0.25, -0.2) is 0 Å². The fraction of sp³-hybridized carbons (Fsp3) is 0.615. The Balaban J connectivity index is 2.69. The van der Waals surface area contributed by atoms with Crippen LogP contribution in [0.2, 0.25) is 0 Å². The van der Waals surface area contributed by atoms with E-state index in [0.717, 1.165) is 23.0 Å². The maximum absolute atomic E-state index is 6.24. The van der Waals surface area contributed by atoms with Crippen LogP contribution >= 0.6 is 15.9 Å². The third kappa shape index (κ3) is 4.05. The van der Waals surface area contributed by atoms with E-state index in [1.54, 1.807) is 6.20 Å². The number of halogens is 1. The average molecular weight is 301 g/mol. The fourth-order valence-electron chi connectivity index (χ4n) is 1.77. The summed E-state index contributed by atoms with van der Waals surface area (Å²) in [5.74, 6) is 0. The molecule has 17 heavy (non-hydrogen) atoms. The van der Waals surface area contributed by atoms with Crippen LogP contribution in [0.25, 0.3) is 0 Å². The maximum Gasteiger partial charge on any atom is 0.0805 e. The van der Waals surface area contributed by atoms with Gasteiger partial charge in [0.2, 0.25) is 0 Å². The summed E-state index contributed by atoms with van der Waals surface area (Å²) in [5.41, 5.74) is 6.97. The third-order valence-electron chi connectivity index (χ3n) is 3.18. The van der Waals surface area contributed by atoms with Crippen LogP contribution in [0.3, 0.4) is 0 Å². The average Bonchev–Trinajstić information content (AvgIpc) is 2.32. The summed E-state index contributed by atoms with van der Waals surface area (Å²) in [5, 5.41) is 0. The van der Waals surface area contributed by atoms with E-state index in [2.05, 4.69) is 34.8 Å². The molecule has 0 spiro atoms. The van der Waals surface area contributed by atoms with E-state index in [4.69, 9.17) is 10.5 Å². The van der Waals surface area contributed by atoms with Gasteiger partial charge >= 0.3 is 0 Å². The number of aromatic nitrogens is 1. The molecule has 2 N–H and O–H groups in total. The van der Waals surface area contributed by atoms with Crippen LogP contribution in [0.5, 0.6) is 0 Å². The van der Waals surface area contributed by atoms with Gasteiger partial charge in [0.05, 0.1) is 5.60 Å². The summed E-state index contributed by atoms with van der Waals surface area (Å²) in [6.45, 7) is 6.86. The SMILES string of the molecule is CCOC(C)(CC)C(N)Cc1ccc(Br)cn1. The van der Waals surface area contributed by atoms with Crippen LogP contribution in [0.15, 0.2) is 22.8 Å². The summed E-state index contributed by atoms with van der Waals surface area (Å²) in [6, 6.07) is 3.94. The Labute approximate surface area is 112 Å². The van der Waals surface area contributed by atoms with Crippen LogP contribution in [0.4, 0.5) is 0 Å². The van der Waals surface area contributed by atoms with Crippen LogP contribution in [0.1, 0.15) is 32.9 Å². The Morgan fingerprint density at radius 3 is 2.65 bits per heavy atom. The number of hydrogen-bond donors (Lipinski definition) is 1. The Hall–Kier alpha value is -0.450. The van der Waals surface area contributed by atoms with Gasteiger partial charge < -0.3 is 10.5 Å². The van der Waals surface area contributed by atoms with E-state index in [0.29, 0.717) is 6.61 Å². The molecule has 2 atom stereocenters. The fourth-order valence-corrected chi connectivity index (χ4v) is 2.00. The van der Waals surface area contributed by atoms with Crippen molar-refractivity contribution in [1.29, 1.82) is 0 Å². The topological polar surface area (TPSA) is 48.1 Å². The second-order valence-corrected chi connectivity index (χ2v) is 5.29.